The lowest BCUT2D eigenvalue weighted by molar-refractivity contribution is 0.102. The van der Waals surface area contributed by atoms with Crippen LogP contribution in [0.25, 0.3) is 0 Å². The first kappa shape index (κ1) is 17.5. The number of nitrogens with one attached hydrogen (secondary N) is 1. The van der Waals surface area contributed by atoms with Crippen LogP contribution in [0.1, 0.15) is 27.0 Å². The first-order valence-electron chi connectivity index (χ1n) is 8.87. The average molecular weight is 337 g/mol. The highest BCUT2D eigenvalue weighted by molar-refractivity contribution is 6.05. The van der Waals surface area contributed by atoms with Gasteiger partial charge in [-0.3, -0.25) is 4.79 Å². The van der Waals surface area contributed by atoms with Crippen LogP contribution in [-0.2, 0) is 0 Å². The Morgan fingerprint density at radius 3 is 2.32 bits per heavy atom. The lowest BCUT2D eigenvalue weighted by Crippen LogP contribution is -2.44. The molecule has 4 nitrogen and oxygen atoms in total. The Morgan fingerprint density at radius 2 is 1.64 bits per heavy atom. The summed E-state index contributed by atoms with van der Waals surface area (Å²) in [4.78, 5) is 17.4. The standard InChI is InChI=1S/C21H27N3O/c1-15-5-6-16(2)19(13-15)21(25)22-20-8-7-18(14-17(20)3)24-11-9-23(4)10-12-24/h5-8,13-14H,9-12H2,1-4H3,(H,22,25). The maximum absolute atomic E-state index is 12.6. The van der Waals surface area contributed by atoms with Gasteiger partial charge in [0.1, 0.15) is 0 Å². The van der Waals surface area contributed by atoms with Crippen LogP contribution in [0.5, 0.6) is 0 Å². The number of carbonyl (C=O) groups excluding carboxylic acids is 1. The highest BCUT2D eigenvalue weighted by Gasteiger charge is 2.16. The Morgan fingerprint density at radius 1 is 0.920 bits per heavy atom. The number of likely N-dealkylation sites (N-methyl/N-ethyl adjacent to an activating group) is 1. The maximum Gasteiger partial charge on any atom is 0.255 e. The molecule has 1 amide bonds. The molecule has 2 aromatic carbocycles. The Kier molecular flexibility index (Phi) is 5.09. The average Bonchev–Trinajstić information content (AvgIpc) is 2.59. The van der Waals surface area contributed by atoms with E-state index in [-0.39, 0.29) is 5.91 Å². The second kappa shape index (κ2) is 7.28. The highest BCUT2D eigenvalue weighted by atomic mass is 16.1. The van der Waals surface area contributed by atoms with Gasteiger partial charge in [-0.1, -0.05) is 17.7 Å². The van der Waals surface area contributed by atoms with Crippen LogP contribution in [0, 0.1) is 20.8 Å². The van der Waals surface area contributed by atoms with Gasteiger partial charge in [0.05, 0.1) is 0 Å². The molecule has 3 rings (SSSR count). The zero-order valence-electron chi connectivity index (χ0n) is 15.6. The van der Waals surface area contributed by atoms with Crippen LogP contribution >= 0.6 is 0 Å². The van der Waals surface area contributed by atoms with Gasteiger partial charge in [-0.15, -0.1) is 0 Å². The smallest absolute Gasteiger partial charge is 0.255 e. The summed E-state index contributed by atoms with van der Waals surface area (Å²) >= 11 is 0. The van der Waals surface area contributed by atoms with E-state index in [0.717, 1.165) is 54.1 Å². The molecule has 1 fully saturated rings. The summed E-state index contributed by atoms with van der Waals surface area (Å²) < 4.78 is 0. The SMILES string of the molecule is Cc1ccc(C)c(C(=O)Nc2ccc(N3CCN(C)CC3)cc2C)c1. The van der Waals surface area contributed by atoms with Crippen LogP contribution in [-0.4, -0.2) is 44.0 Å². The van der Waals surface area contributed by atoms with E-state index < -0.39 is 0 Å². The molecule has 132 valence electrons. The van der Waals surface area contributed by atoms with E-state index >= 15 is 0 Å². The van der Waals surface area contributed by atoms with Gasteiger partial charge in [0, 0.05) is 43.1 Å². The van der Waals surface area contributed by atoms with Gasteiger partial charge in [-0.05, 0) is 63.2 Å². The summed E-state index contributed by atoms with van der Waals surface area (Å²) in [5, 5.41) is 3.07. The fourth-order valence-electron chi connectivity index (χ4n) is 3.22. The van der Waals surface area contributed by atoms with Crippen molar-refractivity contribution < 1.29 is 4.79 Å². The number of carbonyl (C=O) groups is 1. The van der Waals surface area contributed by atoms with Crippen LogP contribution in [0.4, 0.5) is 11.4 Å². The molecule has 4 heteroatoms. The highest BCUT2D eigenvalue weighted by Crippen LogP contribution is 2.24. The molecule has 0 bridgehead atoms. The Bertz CT molecular complexity index is 777. The van der Waals surface area contributed by atoms with Gasteiger partial charge >= 0.3 is 0 Å². The van der Waals surface area contributed by atoms with Gasteiger partial charge < -0.3 is 15.1 Å². The zero-order chi connectivity index (χ0) is 18.0. The topological polar surface area (TPSA) is 35.6 Å². The summed E-state index contributed by atoms with van der Waals surface area (Å²) in [5.74, 6) is -0.0448. The number of rotatable bonds is 3. The van der Waals surface area contributed by atoms with Crippen LogP contribution in [0.15, 0.2) is 36.4 Å². The number of hydrogen-bond donors (Lipinski definition) is 1. The van der Waals surface area contributed by atoms with E-state index in [0.29, 0.717) is 0 Å². The summed E-state index contributed by atoms with van der Waals surface area (Å²) in [6.07, 6.45) is 0. The minimum Gasteiger partial charge on any atom is -0.369 e. The molecule has 0 saturated carbocycles. The predicted molar refractivity (Wildman–Crippen MR) is 105 cm³/mol. The molecule has 0 aliphatic carbocycles. The Labute approximate surface area is 150 Å². The number of anilines is 2. The molecule has 1 saturated heterocycles. The van der Waals surface area contributed by atoms with Gasteiger partial charge in [-0.2, -0.15) is 0 Å². The molecule has 1 aliphatic rings. The van der Waals surface area contributed by atoms with E-state index in [1.54, 1.807) is 0 Å². The van der Waals surface area contributed by atoms with Crippen LogP contribution in [0.3, 0.4) is 0 Å². The molecule has 0 unspecified atom stereocenters. The van der Waals surface area contributed by atoms with Crippen molar-refractivity contribution in [3.05, 3.63) is 58.7 Å². The number of amides is 1. The molecule has 0 spiro atoms. The molecule has 25 heavy (non-hydrogen) atoms. The lowest BCUT2D eigenvalue weighted by atomic mass is 10.0. The van der Waals surface area contributed by atoms with Gasteiger partial charge in [0.25, 0.3) is 5.91 Å². The molecule has 1 aliphatic heterocycles. The number of hydrogen-bond acceptors (Lipinski definition) is 3. The summed E-state index contributed by atoms with van der Waals surface area (Å²) in [7, 11) is 2.16. The number of benzene rings is 2. The van der Waals surface area contributed by atoms with Crippen molar-refractivity contribution in [2.75, 3.05) is 43.4 Å². The van der Waals surface area contributed by atoms with Crippen molar-refractivity contribution in [3.8, 4) is 0 Å². The number of aryl methyl sites for hydroxylation is 3. The summed E-state index contributed by atoms with van der Waals surface area (Å²) in [5.41, 5.74) is 6.03. The second-order valence-corrected chi connectivity index (χ2v) is 7.06. The zero-order valence-corrected chi connectivity index (χ0v) is 15.6. The van der Waals surface area contributed by atoms with Gasteiger partial charge in [-0.25, -0.2) is 0 Å². The van der Waals surface area contributed by atoms with Crippen LogP contribution in [0.2, 0.25) is 0 Å². The fourth-order valence-corrected chi connectivity index (χ4v) is 3.22. The molecule has 1 heterocycles. The molecular weight excluding hydrogens is 310 g/mol. The quantitative estimate of drug-likeness (QED) is 0.929. The third-order valence-corrected chi connectivity index (χ3v) is 4.96. The molecule has 1 N–H and O–H groups in total. The Hall–Kier alpha value is -2.33. The second-order valence-electron chi connectivity index (χ2n) is 7.06. The molecule has 0 atom stereocenters. The van der Waals surface area contributed by atoms with Crippen molar-refractivity contribution >= 4 is 17.3 Å². The van der Waals surface area contributed by atoms with Gasteiger partial charge in [0.15, 0.2) is 0 Å². The van der Waals surface area contributed by atoms with Crippen molar-refractivity contribution in [2.45, 2.75) is 20.8 Å². The molecule has 0 radical (unpaired) electrons. The van der Waals surface area contributed by atoms with E-state index in [2.05, 4.69) is 41.2 Å². The van der Waals surface area contributed by atoms with E-state index in [4.69, 9.17) is 0 Å². The van der Waals surface area contributed by atoms with Gasteiger partial charge in [0.2, 0.25) is 0 Å². The summed E-state index contributed by atoms with van der Waals surface area (Å²) in [6.45, 7) is 10.3. The third-order valence-electron chi connectivity index (χ3n) is 4.96. The normalized spacial score (nSPS) is 15.3. The maximum atomic E-state index is 12.6. The number of piperazine rings is 1. The van der Waals surface area contributed by atoms with E-state index in [1.807, 2.05) is 38.1 Å². The van der Waals surface area contributed by atoms with Crippen molar-refractivity contribution in [1.82, 2.24) is 4.90 Å². The van der Waals surface area contributed by atoms with Crippen molar-refractivity contribution in [3.63, 3.8) is 0 Å². The predicted octanol–water partition coefficient (Wildman–Crippen LogP) is 3.62. The van der Waals surface area contributed by atoms with Crippen molar-refractivity contribution in [2.24, 2.45) is 0 Å². The molecule has 2 aromatic rings. The van der Waals surface area contributed by atoms with E-state index in [9.17, 15) is 4.79 Å². The fraction of sp³-hybridized carbons (Fsp3) is 0.381. The third kappa shape index (κ3) is 4.02. The molecular formula is C21H27N3O. The number of nitrogens with zero attached hydrogens (tertiary/aromatic N) is 2. The lowest BCUT2D eigenvalue weighted by Gasteiger charge is -2.34. The minimum absolute atomic E-state index is 0.0448. The van der Waals surface area contributed by atoms with Crippen LogP contribution < -0.4 is 10.2 Å². The summed E-state index contributed by atoms with van der Waals surface area (Å²) in [6, 6.07) is 12.3. The molecule has 0 aromatic heterocycles. The monoisotopic (exact) mass is 337 g/mol. The first-order chi connectivity index (χ1) is 11.9. The first-order valence-corrected chi connectivity index (χ1v) is 8.87. The van der Waals surface area contributed by atoms with E-state index in [1.165, 1.54) is 5.69 Å². The minimum atomic E-state index is -0.0448. The largest absolute Gasteiger partial charge is 0.369 e. The van der Waals surface area contributed by atoms with Crippen molar-refractivity contribution in [1.29, 1.82) is 0 Å². The Balaban J connectivity index is 1.75.